The first-order valence-corrected chi connectivity index (χ1v) is 18.3. The molecule has 9 nitrogen and oxygen atoms in total. The van der Waals surface area contributed by atoms with E-state index in [0.717, 1.165) is 49.7 Å². The molecule has 4 heterocycles. The zero-order valence-corrected chi connectivity index (χ0v) is 28.7. The number of esters is 1. The van der Waals surface area contributed by atoms with Crippen LogP contribution >= 0.6 is 0 Å². The average molecular weight is 665 g/mol. The molecule has 3 N–H and O–H groups in total. The summed E-state index contributed by atoms with van der Waals surface area (Å²) < 4.78 is 33.8. The van der Waals surface area contributed by atoms with E-state index in [1.807, 2.05) is 44.2 Å². The number of aliphatic hydroxyl groups is 3. The lowest BCUT2D eigenvalue weighted by molar-refractivity contribution is -0.437. The van der Waals surface area contributed by atoms with Gasteiger partial charge in [0.1, 0.15) is 36.1 Å². The lowest BCUT2D eigenvalue weighted by Crippen LogP contribution is -2.73. The van der Waals surface area contributed by atoms with Crippen molar-refractivity contribution in [1.82, 2.24) is 0 Å². The van der Waals surface area contributed by atoms with Gasteiger partial charge in [-0.15, -0.1) is 0 Å². The van der Waals surface area contributed by atoms with Gasteiger partial charge in [0.15, 0.2) is 5.60 Å². The maximum absolute atomic E-state index is 13.2. The summed E-state index contributed by atoms with van der Waals surface area (Å²) in [5, 5.41) is 37.9. The summed E-state index contributed by atoms with van der Waals surface area (Å²) >= 11 is 0. The highest BCUT2D eigenvalue weighted by Crippen LogP contribution is 2.75. The van der Waals surface area contributed by atoms with Crippen LogP contribution in [-0.4, -0.2) is 80.7 Å². The van der Waals surface area contributed by atoms with Crippen molar-refractivity contribution in [3.8, 4) is 0 Å². The molecular weight excluding hydrogens is 612 g/mol. The van der Waals surface area contributed by atoms with Crippen LogP contribution in [0.4, 0.5) is 0 Å². The molecular formula is C39H52O9. The first-order valence-electron chi connectivity index (χ1n) is 18.3. The first-order chi connectivity index (χ1) is 22.9. The van der Waals surface area contributed by atoms with Crippen LogP contribution in [0.3, 0.4) is 0 Å². The highest BCUT2D eigenvalue weighted by Gasteiger charge is 2.90. The summed E-state index contributed by atoms with van der Waals surface area (Å²) in [5.41, 5.74) is -3.72. The number of epoxide rings is 1. The molecule has 4 aliphatic heterocycles. The van der Waals surface area contributed by atoms with E-state index >= 15 is 0 Å². The van der Waals surface area contributed by atoms with Crippen LogP contribution in [0.5, 0.6) is 0 Å². The number of rotatable bonds is 5. The number of benzene rings is 1. The Labute approximate surface area is 283 Å². The predicted molar refractivity (Wildman–Crippen MR) is 176 cm³/mol. The van der Waals surface area contributed by atoms with Gasteiger partial charge in [0, 0.05) is 24.3 Å². The van der Waals surface area contributed by atoms with Crippen LogP contribution in [0.15, 0.2) is 48.6 Å². The molecule has 7 aliphatic rings. The molecule has 7 fully saturated rings. The lowest BCUT2D eigenvalue weighted by Gasteiger charge is -2.61. The van der Waals surface area contributed by atoms with Crippen molar-refractivity contribution in [3.05, 3.63) is 54.1 Å². The smallest absolute Gasteiger partial charge is 0.330 e. The van der Waals surface area contributed by atoms with Gasteiger partial charge in [-0.05, 0) is 60.6 Å². The molecule has 2 spiro atoms. The third-order valence-electron chi connectivity index (χ3n) is 13.8. The summed E-state index contributed by atoms with van der Waals surface area (Å²) in [6, 6.07) is 9.45. The van der Waals surface area contributed by atoms with Gasteiger partial charge in [0.05, 0.1) is 11.7 Å². The average Bonchev–Trinajstić information content (AvgIpc) is 3.70. The van der Waals surface area contributed by atoms with Crippen LogP contribution in [0.1, 0.15) is 84.6 Å². The van der Waals surface area contributed by atoms with Crippen molar-refractivity contribution in [2.24, 2.45) is 35.5 Å². The predicted octanol–water partition coefficient (Wildman–Crippen LogP) is 4.92. The summed E-state index contributed by atoms with van der Waals surface area (Å²) in [7, 11) is 0. The van der Waals surface area contributed by atoms with E-state index in [1.165, 1.54) is 6.08 Å². The third-order valence-corrected chi connectivity index (χ3v) is 13.8. The van der Waals surface area contributed by atoms with Gasteiger partial charge in [-0.1, -0.05) is 89.8 Å². The minimum atomic E-state index is -2.01. The standard InChI is InChI=1S/C39H52O9/c1-22(2)35-20-24(4)39-29-32(35)46-37(47-35,48-39)19-13-8-6-7-10-14-23(3)28-25(5)31(41)38(43,30(28)39)34(42)36(33(29)45-36)21-44-27(40)18-17-26-15-11-9-12-16-26/h9,11-12,15-18,23-25,28-34,41-43H,1,6-8,10,13-14,19-21H2,2-5H3/t23-,24-,25+,28+,29-,30-,31+,32-,33+,34-,35-,36+,37-,38-,39-/m1/s1. The van der Waals surface area contributed by atoms with E-state index in [0.29, 0.717) is 12.8 Å². The fraction of sp³-hybridized carbons (Fsp3) is 0.718. The molecule has 262 valence electrons. The van der Waals surface area contributed by atoms with Gasteiger partial charge in [0.2, 0.25) is 0 Å². The van der Waals surface area contributed by atoms with Gasteiger partial charge >= 0.3 is 5.97 Å². The minimum Gasteiger partial charge on any atom is -0.459 e. The quantitative estimate of drug-likeness (QED) is 0.174. The minimum absolute atomic E-state index is 0.143. The molecule has 3 saturated carbocycles. The Hall–Kier alpha value is -2.11. The number of aliphatic hydroxyl groups excluding tert-OH is 2. The van der Waals surface area contributed by atoms with Crippen LogP contribution < -0.4 is 0 Å². The molecule has 3 bridgehead atoms. The van der Waals surface area contributed by atoms with Crippen molar-refractivity contribution in [3.63, 3.8) is 0 Å². The molecule has 8 rings (SSSR count). The second-order valence-corrected chi connectivity index (χ2v) is 16.4. The Kier molecular flexibility index (Phi) is 7.71. The summed E-state index contributed by atoms with van der Waals surface area (Å²) in [6.07, 6.45) is 6.22. The number of hydrogen-bond donors (Lipinski definition) is 3. The van der Waals surface area contributed by atoms with E-state index in [1.54, 1.807) is 6.08 Å². The SMILES string of the molecule is C=C(C)[C@]12C[C@@H](C)[C@@]34O[C@@]5(CCCCCCC[C@@H](C)[C@H]6[C@H](C)[C@H](O)[C@@](O)([C@H](O)[C@@]7(COC(=O)C=Cc8ccccc8)O[C@H]7[C@H]3[C@H]1O5)[C@@H]64)O2. The van der Waals surface area contributed by atoms with Crippen molar-refractivity contribution < 1.29 is 43.8 Å². The van der Waals surface area contributed by atoms with Crippen LogP contribution in [0.2, 0.25) is 0 Å². The normalized spacial score (nSPS) is 52.1. The van der Waals surface area contributed by atoms with E-state index in [9.17, 15) is 20.1 Å². The summed E-state index contributed by atoms with van der Waals surface area (Å²) in [6.45, 7) is 12.5. The highest BCUT2D eigenvalue weighted by molar-refractivity contribution is 5.87. The zero-order chi connectivity index (χ0) is 33.9. The third kappa shape index (κ3) is 4.31. The largest absolute Gasteiger partial charge is 0.459 e. The fourth-order valence-corrected chi connectivity index (χ4v) is 11.6. The van der Waals surface area contributed by atoms with Crippen LogP contribution in [-0.2, 0) is 28.5 Å². The number of carbonyl (C=O) groups excluding carboxylic acids is 1. The van der Waals surface area contributed by atoms with Gasteiger partial charge < -0.3 is 39.0 Å². The monoisotopic (exact) mass is 664 g/mol. The molecule has 1 aromatic carbocycles. The zero-order valence-electron chi connectivity index (χ0n) is 28.7. The molecule has 0 amide bonds. The molecule has 15 atom stereocenters. The maximum Gasteiger partial charge on any atom is 0.330 e. The summed E-state index contributed by atoms with van der Waals surface area (Å²) in [4.78, 5) is 13.1. The Balaban J connectivity index is 1.26. The Bertz CT molecular complexity index is 1480. The number of ether oxygens (including phenoxy) is 5. The maximum atomic E-state index is 13.2. The van der Waals surface area contributed by atoms with Crippen molar-refractivity contribution >= 4 is 12.0 Å². The van der Waals surface area contributed by atoms with Crippen LogP contribution in [0, 0.1) is 35.5 Å². The highest BCUT2D eigenvalue weighted by atomic mass is 16.9. The lowest BCUT2D eigenvalue weighted by atomic mass is 9.52. The fourth-order valence-electron chi connectivity index (χ4n) is 11.6. The van der Waals surface area contributed by atoms with Crippen LogP contribution in [0.25, 0.3) is 6.08 Å². The molecule has 0 unspecified atom stereocenters. The first kappa shape index (κ1) is 33.1. The molecule has 1 aromatic rings. The van der Waals surface area contributed by atoms with E-state index in [-0.39, 0.29) is 30.3 Å². The van der Waals surface area contributed by atoms with Gasteiger partial charge in [-0.25, -0.2) is 4.79 Å². The second-order valence-electron chi connectivity index (χ2n) is 16.4. The number of carbonyl (C=O) groups is 1. The molecule has 48 heavy (non-hydrogen) atoms. The topological polar surface area (TPSA) is 127 Å². The molecule has 9 heteroatoms. The van der Waals surface area contributed by atoms with E-state index in [2.05, 4.69) is 20.4 Å². The van der Waals surface area contributed by atoms with E-state index in [4.69, 9.17) is 23.7 Å². The van der Waals surface area contributed by atoms with Gasteiger partial charge in [0.25, 0.3) is 5.97 Å². The number of hydrogen-bond acceptors (Lipinski definition) is 9. The van der Waals surface area contributed by atoms with Crippen molar-refractivity contribution in [1.29, 1.82) is 0 Å². The number of fused-ring (bicyclic) bond motifs is 1. The van der Waals surface area contributed by atoms with Crippen molar-refractivity contribution in [2.45, 2.75) is 132 Å². The molecule has 3 aliphatic carbocycles. The molecule has 0 radical (unpaired) electrons. The van der Waals surface area contributed by atoms with E-state index < -0.39 is 70.6 Å². The molecule has 0 aromatic heterocycles. The molecule has 4 saturated heterocycles. The van der Waals surface area contributed by atoms with Gasteiger partial charge in [-0.3, -0.25) is 0 Å². The Morgan fingerprint density at radius 3 is 2.50 bits per heavy atom. The Morgan fingerprint density at radius 2 is 1.75 bits per heavy atom. The van der Waals surface area contributed by atoms with Crippen molar-refractivity contribution in [2.75, 3.05) is 6.61 Å². The second kappa shape index (κ2) is 11.2. The summed E-state index contributed by atoms with van der Waals surface area (Å²) in [5.74, 6) is -3.60. The van der Waals surface area contributed by atoms with Gasteiger partial charge in [-0.2, -0.15) is 0 Å². The Morgan fingerprint density at radius 1 is 1.02 bits per heavy atom.